The fraction of sp³-hybridized carbons (Fsp3) is 0.348. The minimum atomic E-state index is -0.402. The molecule has 1 aromatic heterocycles. The number of benzene rings is 2. The second-order valence-electron chi connectivity index (χ2n) is 7.84. The van der Waals surface area contributed by atoms with Gasteiger partial charge in [-0.25, -0.2) is 9.88 Å². The molecule has 0 aliphatic carbocycles. The fourth-order valence-corrected chi connectivity index (χ4v) is 5.57. The Hall–Kier alpha value is -2.77. The monoisotopic (exact) mass is 421 g/mol. The Kier molecular flexibility index (Phi) is 5.00. The van der Waals surface area contributed by atoms with Crippen molar-refractivity contribution in [2.24, 2.45) is 0 Å². The summed E-state index contributed by atoms with van der Waals surface area (Å²) in [5.41, 5.74) is 1.61. The van der Waals surface area contributed by atoms with E-state index in [9.17, 15) is 9.59 Å². The predicted octanol–water partition coefficient (Wildman–Crippen LogP) is 3.82. The summed E-state index contributed by atoms with van der Waals surface area (Å²) in [6.07, 6.45) is 2.28. The number of nitrogens with zero attached hydrogens (tertiary/aromatic N) is 3. The zero-order valence-electron chi connectivity index (χ0n) is 16.8. The highest BCUT2D eigenvalue weighted by Crippen LogP contribution is 2.35. The lowest BCUT2D eigenvalue weighted by Gasteiger charge is -2.34. The lowest BCUT2D eigenvalue weighted by molar-refractivity contribution is -0.123. The number of aromatic nitrogens is 1. The van der Waals surface area contributed by atoms with Gasteiger partial charge in [-0.2, -0.15) is 0 Å². The van der Waals surface area contributed by atoms with Crippen LogP contribution in [0.2, 0.25) is 0 Å². The molecule has 2 aliphatic rings. The van der Waals surface area contributed by atoms with Crippen LogP contribution < -0.4 is 9.64 Å². The largest absolute Gasteiger partial charge is 0.497 e. The minimum Gasteiger partial charge on any atom is -0.497 e. The standard InChI is InChI=1S/C23H23N3O3S/c1-29-17-8-4-7-16(12-17)26-21(27)13-19(23(26)28)25-11-5-6-15(14-25)22-24-18-9-2-3-10-20(18)30-22/h2-4,7-10,12,15,19H,5-6,11,13-14H2,1H3/t15-,19-/m0/s1. The number of hydrogen-bond donors (Lipinski definition) is 0. The van der Waals surface area contributed by atoms with Gasteiger partial charge >= 0.3 is 0 Å². The number of imide groups is 1. The second kappa shape index (κ2) is 7.81. The number of ether oxygens (including phenoxy) is 1. The molecule has 0 bridgehead atoms. The molecule has 0 N–H and O–H groups in total. The van der Waals surface area contributed by atoms with Crippen LogP contribution in [0.4, 0.5) is 5.69 Å². The number of fused-ring (bicyclic) bond motifs is 1. The third-order valence-corrected chi connectivity index (χ3v) is 7.19. The lowest BCUT2D eigenvalue weighted by Crippen LogP contribution is -2.46. The van der Waals surface area contributed by atoms with Gasteiger partial charge in [0.15, 0.2) is 0 Å². The maximum atomic E-state index is 13.2. The van der Waals surface area contributed by atoms with Crippen LogP contribution in [0.3, 0.4) is 0 Å². The quantitative estimate of drug-likeness (QED) is 0.600. The summed E-state index contributed by atoms with van der Waals surface area (Å²) in [6, 6.07) is 14.9. The summed E-state index contributed by atoms with van der Waals surface area (Å²) < 4.78 is 6.45. The molecule has 0 unspecified atom stereocenters. The van der Waals surface area contributed by atoms with E-state index in [1.54, 1.807) is 42.7 Å². The molecule has 0 radical (unpaired) electrons. The molecule has 2 fully saturated rings. The van der Waals surface area contributed by atoms with Gasteiger partial charge in [-0.05, 0) is 43.7 Å². The van der Waals surface area contributed by atoms with Gasteiger partial charge < -0.3 is 4.74 Å². The molecule has 5 rings (SSSR count). The highest BCUT2D eigenvalue weighted by molar-refractivity contribution is 7.18. The van der Waals surface area contributed by atoms with Gasteiger partial charge in [0.2, 0.25) is 5.91 Å². The Morgan fingerprint density at radius 1 is 1.13 bits per heavy atom. The molecular formula is C23H23N3O3S. The van der Waals surface area contributed by atoms with Crippen LogP contribution in [0.25, 0.3) is 10.2 Å². The summed E-state index contributed by atoms with van der Waals surface area (Å²) in [5, 5.41) is 1.13. The Balaban J connectivity index is 1.36. The number of piperidine rings is 1. The minimum absolute atomic E-state index is 0.141. The number of para-hydroxylation sites is 1. The summed E-state index contributed by atoms with van der Waals surface area (Å²) in [4.78, 5) is 34.3. The van der Waals surface area contributed by atoms with Crippen LogP contribution >= 0.6 is 11.3 Å². The van der Waals surface area contributed by atoms with E-state index in [0.717, 1.165) is 36.5 Å². The predicted molar refractivity (Wildman–Crippen MR) is 117 cm³/mol. The molecule has 2 aliphatic heterocycles. The number of anilines is 1. The van der Waals surface area contributed by atoms with E-state index in [4.69, 9.17) is 9.72 Å². The van der Waals surface area contributed by atoms with E-state index in [2.05, 4.69) is 11.0 Å². The van der Waals surface area contributed by atoms with Gasteiger partial charge in [-0.3, -0.25) is 14.5 Å². The summed E-state index contributed by atoms with van der Waals surface area (Å²) in [5.74, 6) is 0.633. The maximum Gasteiger partial charge on any atom is 0.251 e. The van der Waals surface area contributed by atoms with Crippen molar-refractivity contribution in [1.29, 1.82) is 0 Å². The average molecular weight is 422 g/mol. The van der Waals surface area contributed by atoms with Crippen molar-refractivity contribution in [3.05, 3.63) is 53.5 Å². The van der Waals surface area contributed by atoms with E-state index in [-0.39, 0.29) is 18.2 Å². The Morgan fingerprint density at radius 3 is 2.83 bits per heavy atom. The van der Waals surface area contributed by atoms with Gasteiger partial charge in [-0.1, -0.05) is 18.2 Å². The summed E-state index contributed by atoms with van der Waals surface area (Å²) in [7, 11) is 1.57. The van der Waals surface area contributed by atoms with Crippen LogP contribution in [-0.2, 0) is 9.59 Å². The van der Waals surface area contributed by atoms with Crippen molar-refractivity contribution < 1.29 is 14.3 Å². The topological polar surface area (TPSA) is 62.7 Å². The average Bonchev–Trinajstić information content (AvgIpc) is 3.34. The van der Waals surface area contributed by atoms with Crippen LogP contribution in [0, 0.1) is 0 Å². The normalized spacial score (nSPS) is 22.8. The second-order valence-corrected chi connectivity index (χ2v) is 8.90. The number of likely N-dealkylation sites (tertiary alicyclic amines) is 1. The molecule has 2 atom stereocenters. The molecule has 6 nitrogen and oxygen atoms in total. The van der Waals surface area contributed by atoms with E-state index in [1.165, 1.54) is 9.60 Å². The molecular weight excluding hydrogens is 398 g/mol. The first kappa shape index (κ1) is 19.2. The van der Waals surface area contributed by atoms with Gasteiger partial charge in [0.25, 0.3) is 5.91 Å². The Morgan fingerprint density at radius 2 is 2.00 bits per heavy atom. The molecule has 3 aromatic rings. The lowest BCUT2D eigenvalue weighted by atomic mass is 9.97. The van der Waals surface area contributed by atoms with Crippen molar-refractivity contribution in [1.82, 2.24) is 9.88 Å². The number of carbonyl (C=O) groups is 2. The molecule has 2 saturated heterocycles. The van der Waals surface area contributed by atoms with Crippen molar-refractivity contribution in [2.75, 3.05) is 25.1 Å². The van der Waals surface area contributed by atoms with Crippen molar-refractivity contribution >= 4 is 39.1 Å². The molecule has 0 spiro atoms. The zero-order chi connectivity index (χ0) is 20.7. The Labute approximate surface area is 179 Å². The van der Waals surface area contributed by atoms with Gasteiger partial charge in [0.05, 0.1) is 40.5 Å². The molecule has 3 heterocycles. The highest BCUT2D eigenvalue weighted by atomic mass is 32.1. The zero-order valence-corrected chi connectivity index (χ0v) is 17.6. The summed E-state index contributed by atoms with van der Waals surface area (Å²) >= 11 is 1.74. The first-order chi connectivity index (χ1) is 14.6. The van der Waals surface area contributed by atoms with E-state index < -0.39 is 6.04 Å². The number of methoxy groups -OCH3 is 1. The Bertz CT molecular complexity index is 1080. The van der Waals surface area contributed by atoms with Crippen LogP contribution in [0.5, 0.6) is 5.75 Å². The van der Waals surface area contributed by atoms with Gasteiger partial charge in [0, 0.05) is 18.5 Å². The van der Waals surface area contributed by atoms with Crippen molar-refractivity contribution in [3.63, 3.8) is 0 Å². The third kappa shape index (κ3) is 3.38. The summed E-state index contributed by atoms with van der Waals surface area (Å²) in [6.45, 7) is 1.59. The van der Waals surface area contributed by atoms with E-state index in [1.807, 2.05) is 18.2 Å². The highest BCUT2D eigenvalue weighted by Gasteiger charge is 2.44. The number of thiazole rings is 1. The smallest absolute Gasteiger partial charge is 0.251 e. The molecule has 7 heteroatoms. The first-order valence-corrected chi connectivity index (χ1v) is 11.1. The number of rotatable bonds is 4. The van der Waals surface area contributed by atoms with Crippen LogP contribution in [0.1, 0.15) is 30.2 Å². The number of amides is 2. The van der Waals surface area contributed by atoms with Crippen molar-refractivity contribution in [2.45, 2.75) is 31.2 Å². The van der Waals surface area contributed by atoms with Crippen molar-refractivity contribution in [3.8, 4) is 5.75 Å². The SMILES string of the molecule is COc1cccc(N2C(=O)C[C@H](N3CCC[C@H](c4nc5ccccc5s4)C3)C2=O)c1. The van der Waals surface area contributed by atoms with E-state index >= 15 is 0 Å². The van der Waals surface area contributed by atoms with Gasteiger partial charge in [-0.15, -0.1) is 11.3 Å². The molecule has 2 amide bonds. The van der Waals surface area contributed by atoms with Gasteiger partial charge in [0.1, 0.15) is 5.75 Å². The van der Waals surface area contributed by atoms with E-state index in [0.29, 0.717) is 17.4 Å². The molecule has 154 valence electrons. The maximum absolute atomic E-state index is 13.2. The van der Waals surface area contributed by atoms with Crippen LogP contribution in [0.15, 0.2) is 48.5 Å². The van der Waals surface area contributed by atoms with Crippen LogP contribution in [-0.4, -0.2) is 47.9 Å². The molecule has 30 heavy (non-hydrogen) atoms. The fourth-order valence-electron chi connectivity index (χ4n) is 4.48. The number of carbonyl (C=O) groups excluding carboxylic acids is 2. The third-order valence-electron chi connectivity index (χ3n) is 5.99. The number of hydrogen-bond acceptors (Lipinski definition) is 6. The first-order valence-electron chi connectivity index (χ1n) is 10.2. The molecule has 2 aromatic carbocycles. The molecule has 0 saturated carbocycles.